The van der Waals surface area contributed by atoms with Crippen LogP contribution in [0, 0.1) is 0 Å². The molecule has 0 aliphatic heterocycles. The maximum atomic E-state index is 9.78. The number of hydrogen-bond donors (Lipinski definition) is 2. The van der Waals surface area contributed by atoms with Crippen molar-refractivity contribution in [2.45, 2.75) is 86.1 Å². The zero-order chi connectivity index (χ0) is 18.4. The molecule has 4 nitrogen and oxygen atoms in total. The highest BCUT2D eigenvalue weighted by molar-refractivity contribution is 5.33. The second-order valence-corrected chi connectivity index (χ2v) is 6.63. The lowest BCUT2D eigenvalue weighted by molar-refractivity contribution is 0.266. The first-order valence-corrected chi connectivity index (χ1v) is 9.76. The van der Waals surface area contributed by atoms with Gasteiger partial charge in [0, 0.05) is 36.9 Å². The fourth-order valence-corrected chi connectivity index (χ4v) is 4.06. The van der Waals surface area contributed by atoms with Gasteiger partial charge in [-0.05, 0) is 54.4 Å². The summed E-state index contributed by atoms with van der Waals surface area (Å²) in [4.78, 5) is 0. The van der Waals surface area contributed by atoms with Crippen LogP contribution in [-0.2, 0) is 52.0 Å². The van der Waals surface area contributed by atoms with E-state index in [1.165, 1.54) is 22.3 Å². The van der Waals surface area contributed by atoms with Crippen molar-refractivity contribution < 1.29 is 10.2 Å². The van der Waals surface area contributed by atoms with Gasteiger partial charge in [-0.15, -0.1) is 0 Å². The van der Waals surface area contributed by atoms with Gasteiger partial charge in [0.25, 0.3) is 0 Å². The third-order valence-corrected chi connectivity index (χ3v) is 5.36. The van der Waals surface area contributed by atoms with Gasteiger partial charge in [-0.25, -0.2) is 0 Å². The Labute approximate surface area is 152 Å². The summed E-state index contributed by atoms with van der Waals surface area (Å²) in [7, 11) is 0. The van der Waals surface area contributed by atoms with Gasteiger partial charge in [-0.1, -0.05) is 27.7 Å². The molecule has 2 rings (SSSR count). The molecule has 2 heterocycles. The summed E-state index contributed by atoms with van der Waals surface area (Å²) in [6.45, 7) is 10.7. The highest BCUT2D eigenvalue weighted by Gasteiger charge is 2.14. The van der Waals surface area contributed by atoms with Crippen LogP contribution in [0.1, 0.15) is 67.8 Å². The lowest BCUT2D eigenvalue weighted by Crippen LogP contribution is -2.09. The normalized spacial score (nSPS) is 11.4. The van der Waals surface area contributed by atoms with Crippen LogP contribution in [0.2, 0.25) is 0 Å². The summed E-state index contributed by atoms with van der Waals surface area (Å²) in [5.41, 5.74) is 7.46. The molecule has 0 amide bonds. The molecule has 2 aromatic rings. The van der Waals surface area contributed by atoms with Crippen molar-refractivity contribution in [1.29, 1.82) is 0 Å². The Bertz CT molecular complexity index is 624. The van der Waals surface area contributed by atoms with E-state index in [0.29, 0.717) is 0 Å². The van der Waals surface area contributed by atoms with E-state index in [4.69, 9.17) is 0 Å². The number of nitrogens with zero attached hydrogens (tertiary/aromatic N) is 2. The molecule has 0 spiro atoms. The molecule has 0 aliphatic rings. The number of aliphatic hydroxyl groups is 2. The maximum absolute atomic E-state index is 9.78. The molecule has 0 aromatic carbocycles. The molecule has 2 aromatic heterocycles. The molecular formula is C21H34N2O2. The monoisotopic (exact) mass is 346 g/mol. The van der Waals surface area contributed by atoms with E-state index in [9.17, 15) is 10.2 Å². The third-order valence-electron chi connectivity index (χ3n) is 5.36. The van der Waals surface area contributed by atoms with E-state index in [-0.39, 0.29) is 13.2 Å². The van der Waals surface area contributed by atoms with Gasteiger partial charge in [-0.2, -0.15) is 0 Å². The first-order valence-electron chi connectivity index (χ1n) is 9.76. The molecule has 0 saturated heterocycles. The Morgan fingerprint density at radius 1 is 0.680 bits per heavy atom. The van der Waals surface area contributed by atoms with Crippen LogP contribution in [0.15, 0.2) is 12.4 Å². The smallest absolute Gasteiger partial charge is 0.0835 e. The lowest BCUT2D eigenvalue weighted by Gasteiger charge is -2.12. The Balaban J connectivity index is 2.14. The second-order valence-electron chi connectivity index (χ2n) is 6.63. The number of aromatic nitrogens is 2. The minimum Gasteiger partial charge on any atom is -0.390 e. The van der Waals surface area contributed by atoms with Gasteiger partial charge in [0.2, 0.25) is 0 Å². The fourth-order valence-electron chi connectivity index (χ4n) is 4.06. The van der Waals surface area contributed by atoms with E-state index in [1.807, 2.05) is 0 Å². The first kappa shape index (κ1) is 19.8. The van der Waals surface area contributed by atoms with Crippen LogP contribution in [-0.4, -0.2) is 19.3 Å². The van der Waals surface area contributed by atoms with Gasteiger partial charge in [0.15, 0.2) is 0 Å². The summed E-state index contributed by atoms with van der Waals surface area (Å²) in [5, 5.41) is 19.6. The molecule has 0 aliphatic carbocycles. The Morgan fingerprint density at radius 2 is 1.08 bits per heavy atom. The highest BCUT2D eigenvalue weighted by Crippen LogP contribution is 2.22. The third kappa shape index (κ3) is 4.01. The van der Waals surface area contributed by atoms with Crippen molar-refractivity contribution in [3.63, 3.8) is 0 Å². The SMILES string of the molecule is CCc1cn(CCCn2cc(CC)c(CC)c2CO)c(CO)c1CC. The number of aryl methyl sites for hydroxylation is 4. The summed E-state index contributed by atoms with van der Waals surface area (Å²) < 4.78 is 4.45. The minimum absolute atomic E-state index is 0.106. The van der Waals surface area contributed by atoms with Gasteiger partial charge in [0.05, 0.1) is 13.2 Å². The van der Waals surface area contributed by atoms with Crippen molar-refractivity contribution >= 4 is 0 Å². The molecule has 25 heavy (non-hydrogen) atoms. The second kappa shape index (κ2) is 9.25. The van der Waals surface area contributed by atoms with Crippen molar-refractivity contribution in [2.24, 2.45) is 0 Å². The van der Waals surface area contributed by atoms with Gasteiger partial charge < -0.3 is 19.3 Å². The topological polar surface area (TPSA) is 50.3 Å². The molecule has 0 saturated carbocycles. The van der Waals surface area contributed by atoms with Crippen molar-refractivity contribution in [2.75, 3.05) is 0 Å². The zero-order valence-electron chi connectivity index (χ0n) is 16.3. The van der Waals surface area contributed by atoms with E-state index in [0.717, 1.165) is 56.6 Å². The number of rotatable bonds is 10. The van der Waals surface area contributed by atoms with Crippen molar-refractivity contribution in [1.82, 2.24) is 9.13 Å². The fraction of sp³-hybridized carbons (Fsp3) is 0.619. The summed E-state index contributed by atoms with van der Waals surface area (Å²) >= 11 is 0. The number of aliphatic hydroxyl groups excluding tert-OH is 2. The first-order chi connectivity index (χ1) is 12.1. The quantitative estimate of drug-likeness (QED) is 0.690. The van der Waals surface area contributed by atoms with E-state index in [2.05, 4.69) is 49.2 Å². The largest absolute Gasteiger partial charge is 0.390 e. The van der Waals surface area contributed by atoms with Crippen molar-refractivity contribution in [3.8, 4) is 0 Å². The van der Waals surface area contributed by atoms with E-state index < -0.39 is 0 Å². The Morgan fingerprint density at radius 3 is 1.36 bits per heavy atom. The Hall–Kier alpha value is -1.52. The van der Waals surface area contributed by atoms with Crippen LogP contribution >= 0.6 is 0 Å². The summed E-state index contributed by atoms with van der Waals surface area (Å²) in [6.07, 6.45) is 9.37. The van der Waals surface area contributed by atoms with Crippen LogP contribution in [0.4, 0.5) is 0 Å². The zero-order valence-corrected chi connectivity index (χ0v) is 16.3. The lowest BCUT2D eigenvalue weighted by atomic mass is 10.1. The predicted molar refractivity (Wildman–Crippen MR) is 103 cm³/mol. The van der Waals surface area contributed by atoms with Crippen LogP contribution < -0.4 is 0 Å². The average molecular weight is 347 g/mol. The maximum Gasteiger partial charge on any atom is 0.0835 e. The molecule has 0 atom stereocenters. The summed E-state index contributed by atoms with van der Waals surface area (Å²) in [6, 6.07) is 0. The predicted octanol–water partition coefficient (Wildman–Crippen LogP) is 3.61. The van der Waals surface area contributed by atoms with E-state index in [1.54, 1.807) is 0 Å². The molecule has 0 radical (unpaired) electrons. The standard InChI is InChI=1S/C21H34N2O2/c1-5-16-12-22(20(14-24)18(16)7-3)10-9-11-23-13-17(6-2)19(8-4)21(23)15-25/h12-13,24-25H,5-11,14-15H2,1-4H3. The molecule has 0 unspecified atom stereocenters. The molecule has 4 heteroatoms. The van der Waals surface area contributed by atoms with Crippen LogP contribution in [0.25, 0.3) is 0 Å². The van der Waals surface area contributed by atoms with E-state index >= 15 is 0 Å². The molecule has 2 N–H and O–H groups in total. The average Bonchev–Trinajstić information content (AvgIpc) is 3.17. The molecular weight excluding hydrogens is 312 g/mol. The molecule has 0 fully saturated rings. The van der Waals surface area contributed by atoms with Crippen LogP contribution in [0.3, 0.4) is 0 Å². The number of hydrogen-bond acceptors (Lipinski definition) is 2. The summed E-state index contributed by atoms with van der Waals surface area (Å²) in [5.74, 6) is 0. The van der Waals surface area contributed by atoms with Crippen molar-refractivity contribution in [3.05, 3.63) is 46.0 Å². The molecule has 140 valence electrons. The molecule has 0 bridgehead atoms. The van der Waals surface area contributed by atoms with Gasteiger partial charge in [0.1, 0.15) is 0 Å². The van der Waals surface area contributed by atoms with Gasteiger partial charge in [-0.3, -0.25) is 0 Å². The Kier molecular flexibility index (Phi) is 7.33. The highest BCUT2D eigenvalue weighted by atomic mass is 16.3. The minimum atomic E-state index is 0.106. The van der Waals surface area contributed by atoms with Gasteiger partial charge >= 0.3 is 0 Å². The van der Waals surface area contributed by atoms with Crippen LogP contribution in [0.5, 0.6) is 0 Å².